The lowest BCUT2D eigenvalue weighted by Gasteiger charge is -2.12. The summed E-state index contributed by atoms with van der Waals surface area (Å²) < 4.78 is 29.5. The summed E-state index contributed by atoms with van der Waals surface area (Å²) in [6.07, 6.45) is 0.0229. The van der Waals surface area contributed by atoms with Crippen molar-refractivity contribution in [1.82, 2.24) is 4.98 Å². The number of carbonyl (C=O) groups excluding carboxylic acids is 1. The van der Waals surface area contributed by atoms with Crippen molar-refractivity contribution in [1.29, 1.82) is 0 Å². The van der Waals surface area contributed by atoms with Gasteiger partial charge >= 0.3 is 0 Å². The van der Waals surface area contributed by atoms with E-state index in [1.165, 1.54) is 24.3 Å². The highest BCUT2D eigenvalue weighted by Crippen LogP contribution is 2.30. The second-order valence-electron chi connectivity index (χ2n) is 5.92. The van der Waals surface area contributed by atoms with Crippen LogP contribution in [0.3, 0.4) is 0 Å². The SMILES string of the molecule is NS(=O)(=O)c1cc(NC(=O)Cc2ccccc2Cl)ccc1Oc1cccc(Cl)n1. The monoisotopic (exact) mass is 451 g/mol. The van der Waals surface area contributed by atoms with Gasteiger partial charge in [0.15, 0.2) is 0 Å². The van der Waals surface area contributed by atoms with Crippen LogP contribution in [0.2, 0.25) is 10.2 Å². The van der Waals surface area contributed by atoms with Gasteiger partial charge in [0, 0.05) is 16.8 Å². The Labute approximate surface area is 177 Å². The van der Waals surface area contributed by atoms with Crippen LogP contribution in [0.1, 0.15) is 5.56 Å². The first-order valence-corrected chi connectivity index (χ1v) is 10.5. The molecule has 2 aromatic carbocycles. The molecule has 1 amide bonds. The van der Waals surface area contributed by atoms with Gasteiger partial charge in [-0.25, -0.2) is 18.5 Å². The second-order valence-corrected chi connectivity index (χ2v) is 8.25. The average Bonchev–Trinajstić information content (AvgIpc) is 2.64. The van der Waals surface area contributed by atoms with Crippen LogP contribution >= 0.6 is 23.2 Å². The van der Waals surface area contributed by atoms with E-state index >= 15 is 0 Å². The predicted octanol–water partition coefficient (Wildman–Crippen LogP) is 4.01. The number of primary sulfonamides is 1. The Morgan fingerprint density at radius 1 is 1.07 bits per heavy atom. The summed E-state index contributed by atoms with van der Waals surface area (Å²) in [5, 5.41) is 8.57. The molecule has 3 N–H and O–H groups in total. The van der Waals surface area contributed by atoms with E-state index < -0.39 is 10.0 Å². The molecule has 0 unspecified atom stereocenters. The largest absolute Gasteiger partial charge is 0.438 e. The van der Waals surface area contributed by atoms with Gasteiger partial charge in [-0.2, -0.15) is 0 Å². The molecule has 10 heteroatoms. The lowest BCUT2D eigenvalue weighted by molar-refractivity contribution is -0.115. The molecule has 0 radical (unpaired) electrons. The third-order valence-electron chi connectivity index (χ3n) is 3.75. The summed E-state index contributed by atoms with van der Waals surface area (Å²) in [7, 11) is -4.15. The Bertz CT molecular complexity index is 1170. The lowest BCUT2D eigenvalue weighted by atomic mass is 10.1. The topological polar surface area (TPSA) is 111 Å². The van der Waals surface area contributed by atoms with Crippen LogP contribution in [-0.2, 0) is 21.2 Å². The number of nitrogens with one attached hydrogen (secondary N) is 1. The van der Waals surface area contributed by atoms with Crippen molar-refractivity contribution >= 4 is 44.8 Å². The molecule has 7 nitrogen and oxygen atoms in total. The molecule has 0 aliphatic carbocycles. The summed E-state index contributed by atoms with van der Waals surface area (Å²) in [5.41, 5.74) is 0.878. The zero-order valence-corrected chi connectivity index (χ0v) is 17.1. The number of aromatic nitrogens is 1. The molecule has 150 valence electrons. The maximum Gasteiger partial charge on any atom is 0.241 e. The molecule has 1 aromatic heterocycles. The Kier molecular flexibility index (Phi) is 6.39. The van der Waals surface area contributed by atoms with Gasteiger partial charge in [-0.05, 0) is 35.9 Å². The smallest absolute Gasteiger partial charge is 0.241 e. The summed E-state index contributed by atoms with van der Waals surface area (Å²) in [4.78, 5) is 15.9. The molecule has 0 fully saturated rings. The van der Waals surface area contributed by atoms with Gasteiger partial charge in [0.2, 0.25) is 21.8 Å². The van der Waals surface area contributed by atoms with E-state index in [-0.39, 0.29) is 39.7 Å². The maximum atomic E-state index is 12.3. The van der Waals surface area contributed by atoms with E-state index in [0.29, 0.717) is 10.6 Å². The van der Waals surface area contributed by atoms with Gasteiger partial charge in [-0.3, -0.25) is 4.79 Å². The minimum absolute atomic E-state index is 0.0229. The van der Waals surface area contributed by atoms with Crippen LogP contribution in [0, 0.1) is 0 Å². The summed E-state index contributed by atoms with van der Waals surface area (Å²) >= 11 is 11.9. The van der Waals surface area contributed by atoms with E-state index in [0.717, 1.165) is 0 Å². The Morgan fingerprint density at radius 2 is 1.83 bits per heavy atom. The van der Waals surface area contributed by atoms with Gasteiger partial charge in [0.25, 0.3) is 0 Å². The van der Waals surface area contributed by atoms with Crippen molar-refractivity contribution < 1.29 is 17.9 Å². The van der Waals surface area contributed by atoms with Crippen molar-refractivity contribution in [3.63, 3.8) is 0 Å². The van der Waals surface area contributed by atoms with Crippen molar-refractivity contribution in [3.8, 4) is 11.6 Å². The lowest BCUT2D eigenvalue weighted by Crippen LogP contribution is -2.17. The third kappa shape index (κ3) is 5.68. The maximum absolute atomic E-state index is 12.3. The molecule has 0 saturated carbocycles. The number of hydrogen-bond acceptors (Lipinski definition) is 5. The van der Waals surface area contributed by atoms with Crippen molar-refractivity contribution in [2.24, 2.45) is 5.14 Å². The molecule has 0 aliphatic heterocycles. The zero-order valence-electron chi connectivity index (χ0n) is 14.8. The number of hydrogen-bond donors (Lipinski definition) is 2. The minimum Gasteiger partial charge on any atom is -0.438 e. The summed E-state index contributed by atoms with van der Waals surface area (Å²) in [6.45, 7) is 0. The molecule has 0 aliphatic rings. The van der Waals surface area contributed by atoms with E-state index in [1.54, 1.807) is 36.4 Å². The van der Waals surface area contributed by atoms with Crippen molar-refractivity contribution in [2.75, 3.05) is 5.32 Å². The van der Waals surface area contributed by atoms with Crippen molar-refractivity contribution in [3.05, 3.63) is 76.4 Å². The fraction of sp³-hybridized carbons (Fsp3) is 0.0526. The number of halogens is 2. The standard InChI is InChI=1S/C19H15Cl2N3O4S/c20-14-5-2-1-4-12(14)10-18(25)23-13-8-9-15(16(11-13)29(22,26)27)28-19-7-3-6-17(21)24-19/h1-9,11H,10H2,(H,23,25)(H2,22,26,27). The van der Waals surface area contributed by atoms with Gasteiger partial charge in [-0.15, -0.1) is 0 Å². The van der Waals surface area contributed by atoms with Crippen molar-refractivity contribution in [2.45, 2.75) is 11.3 Å². The molecule has 0 bridgehead atoms. The second kappa shape index (κ2) is 8.79. The van der Waals surface area contributed by atoms with E-state index in [2.05, 4.69) is 10.3 Å². The fourth-order valence-electron chi connectivity index (χ4n) is 2.47. The Hall–Kier alpha value is -2.65. The van der Waals surface area contributed by atoms with Crippen LogP contribution in [0.25, 0.3) is 0 Å². The first kappa shape index (κ1) is 21.1. The zero-order chi connectivity index (χ0) is 21.0. The molecular formula is C19H15Cl2N3O4S. The van der Waals surface area contributed by atoms with Crippen LogP contribution in [0.4, 0.5) is 5.69 Å². The summed E-state index contributed by atoms with van der Waals surface area (Å²) in [6, 6.07) is 15.7. The Balaban J connectivity index is 1.84. The molecule has 29 heavy (non-hydrogen) atoms. The molecular weight excluding hydrogens is 437 g/mol. The van der Waals surface area contributed by atoms with Gasteiger partial charge in [0.1, 0.15) is 15.8 Å². The number of sulfonamides is 1. The molecule has 0 atom stereocenters. The number of rotatable bonds is 6. The van der Waals surface area contributed by atoms with Gasteiger partial charge in [0.05, 0.1) is 6.42 Å². The van der Waals surface area contributed by atoms with Crippen LogP contribution in [0.15, 0.2) is 65.6 Å². The van der Waals surface area contributed by atoms with Crippen LogP contribution in [0.5, 0.6) is 11.6 Å². The van der Waals surface area contributed by atoms with E-state index in [4.69, 9.17) is 33.1 Å². The fourth-order valence-corrected chi connectivity index (χ4v) is 3.51. The third-order valence-corrected chi connectivity index (χ3v) is 5.26. The van der Waals surface area contributed by atoms with Gasteiger partial charge < -0.3 is 10.1 Å². The highest BCUT2D eigenvalue weighted by Gasteiger charge is 2.18. The molecule has 3 aromatic rings. The predicted molar refractivity (Wildman–Crippen MR) is 111 cm³/mol. The number of carbonyl (C=O) groups is 1. The molecule has 0 spiro atoms. The number of nitrogens with zero attached hydrogens (tertiary/aromatic N) is 1. The first-order chi connectivity index (χ1) is 13.7. The van der Waals surface area contributed by atoms with Crippen LogP contribution in [-0.4, -0.2) is 19.3 Å². The Morgan fingerprint density at radius 3 is 2.52 bits per heavy atom. The number of pyridine rings is 1. The van der Waals surface area contributed by atoms with E-state index in [9.17, 15) is 13.2 Å². The van der Waals surface area contributed by atoms with Gasteiger partial charge in [-0.1, -0.05) is 47.5 Å². The normalized spacial score (nSPS) is 11.1. The summed E-state index contributed by atoms with van der Waals surface area (Å²) in [5.74, 6) is -0.326. The van der Waals surface area contributed by atoms with Crippen LogP contribution < -0.4 is 15.2 Å². The highest BCUT2D eigenvalue weighted by atomic mass is 35.5. The highest BCUT2D eigenvalue weighted by molar-refractivity contribution is 7.89. The average molecular weight is 452 g/mol. The first-order valence-electron chi connectivity index (χ1n) is 8.23. The van der Waals surface area contributed by atoms with E-state index in [1.807, 2.05) is 0 Å². The molecule has 0 saturated heterocycles. The minimum atomic E-state index is -4.15. The molecule has 3 rings (SSSR count). The number of ether oxygens (including phenoxy) is 1. The number of benzene rings is 2. The quantitative estimate of drug-likeness (QED) is 0.549. The molecule has 1 heterocycles. The number of amides is 1. The number of nitrogens with two attached hydrogens (primary N) is 1. The number of anilines is 1.